The van der Waals surface area contributed by atoms with Crippen molar-refractivity contribution in [2.75, 3.05) is 0 Å². The van der Waals surface area contributed by atoms with E-state index in [0.717, 1.165) is 0 Å². The molecule has 2 aromatic carbocycles. The Labute approximate surface area is 115 Å². The van der Waals surface area contributed by atoms with Crippen LogP contribution in [-0.2, 0) is 11.2 Å². The van der Waals surface area contributed by atoms with Crippen molar-refractivity contribution in [2.45, 2.75) is 6.42 Å². The summed E-state index contributed by atoms with van der Waals surface area (Å²) in [5.74, 6) is -1.00. The molecule has 0 aliphatic carbocycles. The number of hydrogen-bond acceptors (Lipinski definition) is 2. The van der Waals surface area contributed by atoms with Gasteiger partial charge in [-0.3, -0.25) is 9.59 Å². The van der Waals surface area contributed by atoms with Crippen molar-refractivity contribution in [3.8, 4) is 0 Å². The summed E-state index contributed by atoms with van der Waals surface area (Å²) in [6.45, 7) is 0. The van der Waals surface area contributed by atoms with Crippen molar-refractivity contribution >= 4 is 23.4 Å². The molecule has 96 valence electrons. The third kappa shape index (κ3) is 3.42. The molecule has 0 fully saturated rings. The Bertz CT molecular complexity index is 600. The van der Waals surface area contributed by atoms with E-state index < -0.39 is 5.97 Å². The van der Waals surface area contributed by atoms with Crippen LogP contribution in [-0.4, -0.2) is 16.9 Å². The van der Waals surface area contributed by atoms with Gasteiger partial charge < -0.3 is 5.11 Å². The summed E-state index contributed by atoms with van der Waals surface area (Å²) in [7, 11) is 0. The summed E-state index contributed by atoms with van der Waals surface area (Å²) < 4.78 is 0. The second kappa shape index (κ2) is 5.67. The third-order valence-corrected chi connectivity index (χ3v) is 2.93. The van der Waals surface area contributed by atoms with Crippen LogP contribution in [0.25, 0.3) is 0 Å². The molecular weight excluding hydrogens is 264 g/mol. The van der Waals surface area contributed by atoms with Crippen molar-refractivity contribution in [3.63, 3.8) is 0 Å². The van der Waals surface area contributed by atoms with Crippen LogP contribution in [0.15, 0.2) is 48.5 Å². The Hall–Kier alpha value is -2.13. The highest BCUT2D eigenvalue weighted by molar-refractivity contribution is 6.30. The minimum atomic E-state index is -0.892. The fourth-order valence-electron chi connectivity index (χ4n) is 1.72. The lowest BCUT2D eigenvalue weighted by molar-refractivity contribution is -0.136. The average molecular weight is 275 g/mol. The lowest BCUT2D eigenvalue weighted by atomic mass is 10.0. The molecule has 2 aromatic rings. The molecule has 0 amide bonds. The van der Waals surface area contributed by atoms with Gasteiger partial charge in [0.25, 0.3) is 0 Å². The zero-order valence-corrected chi connectivity index (χ0v) is 10.7. The lowest BCUT2D eigenvalue weighted by Crippen LogP contribution is -2.03. The highest BCUT2D eigenvalue weighted by Gasteiger charge is 2.09. The van der Waals surface area contributed by atoms with E-state index in [1.807, 2.05) is 0 Å². The first kappa shape index (κ1) is 13.3. The number of ketones is 1. The van der Waals surface area contributed by atoms with Gasteiger partial charge in [0.05, 0.1) is 6.42 Å². The van der Waals surface area contributed by atoms with Gasteiger partial charge in [-0.1, -0.05) is 35.9 Å². The normalized spacial score (nSPS) is 10.2. The Morgan fingerprint density at radius 2 is 1.37 bits per heavy atom. The van der Waals surface area contributed by atoms with Crippen LogP contribution in [0.5, 0.6) is 0 Å². The van der Waals surface area contributed by atoms with Crippen LogP contribution >= 0.6 is 11.6 Å². The second-order valence-corrected chi connectivity index (χ2v) is 4.54. The zero-order chi connectivity index (χ0) is 13.8. The van der Waals surface area contributed by atoms with Gasteiger partial charge in [0, 0.05) is 16.1 Å². The van der Waals surface area contributed by atoms with E-state index in [1.54, 1.807) is 48.5 Å². The molecule has 0 saturated carbocycles. The fourth-order valence-corrected chi connectivity index (χ4v) is 1.84. The Morgan fingerprint density at radius 3 is 1.84 bits per heavy atom. The van der Waals surface area contributed by atoms with Gasteiger partial charge in [0.1, 0.15) is 0 Å². The molecule has 0 aromatic heterocycles. The van der Waals surface area contributed by atoms with Crippen LogP contribution in [0.2, 0.25) is 5.02 Å². The Morgan fingerprint density at radius 1 is 0.895 bits per heavy atom. The van der Waals surface area contributed by atoms with Crippen LogP contribution in [0.4, 0.5) is 0 Å². The first-order valence-electron chi connectivity index (χ1n) is 5.67. The monoisotopic (exact) mass is 274 g/mol. The molecule has 0 atom stereocenters. The predicted octanol–water partition coefficient (Wildman–Crippen LogP) is 3.20. The number of rotatable bonds is 4. The second-order valence-electron chi connectivity index (χ2n) is 4.10. The maximum Gasteiger partial charge on any atom is 0.307 e. The van der Waals surface area contributed by atoms with E-state index in [-0.39, 0.29) is 12.2 Å². The van der Waals surface area contributed by atoms with E-state index in [2.05, 4.69) is 0 Å². The molecule has 0 heterocycles. The molecule has 2 rings (SSSR count). The number of carbonyl (C=O) groups is 2. The zero-order valence-electron chi connectivity index (χ0n) is 9.97. The lowest BCUT2D eigenvalue weighted by Gasteiger charge is -2.03. The molecule has 3 nitrogen and oxygen atoms in total. The SMILES string of the molecule is O=C(O)Cc1ccc(C(=O)c2ccc(Cl)cc2)cc1. The first-order chi connectivity index (χ1) is 9.06. The van der Waals surface area contributed by atoms with Gasteiger partial charge in [0.15, 0.2) is 5.78 Å². The van der Waals surface area contributed by atoms with E-state index >= 15 is 0 Å². The van der Waals surface area contributed by atoms with Gasteiger partial charge in [0.2, 0.25) is 0 Å². The fraction of sp³-hybridized carbons (Fsp3) is 0.0667. The van der Waals surface area contributed by atoms with E-state index in [9.17, 15) is 9.59 Å². The number of carboxylic acid groups (broad SMARTS) is 1. The predicted molar refractivity (Wildman–Crippen MR) is 72.7 cm³/mol. The maximum atomic E-state index is 12.1. The number of aliphatic carboxylic acids is 1. The number of benzene rings is 2. The standard InChI is InChI=1S/C15H11ClO3/c16-13-7-5-12(6-8-13)15(19)11-3-1-10(2-4-11)9-14(17)18/h1-8H,9H2,(H,17,18). The molecule has 4 heteroatoms. The molecule has 19 heavy (non-hydrogen) atoms. The van der Waals surface area contributed by atoms with Crippen LogP contribution in [0.3, 0.4) is 0 Å². The maximum absolute atomic E-state index is 12.1. The van der Waals surface area contributed by atoms with Gasteiger partial charge in [-0.25, -0.2) is 0 Å². The Balaban J connectivity index is 2.20. The molecule has 0 saturated heterocycles. The summed E-state index contributed by atoms with van der Waals surface area (Å²) in [6.07, 6.45) is -0.0462. The number of carbonyl (C=O) groups excluding carboxylic acids is 1. The largest absolute Gasteiger partial charge is 0.481 e. The van der Waals surface area contributed by atoms with Gasteiger partial charge in [-0.2, -0.15) is 0 Å². The van der Waals surface area contributed by atoms with Gasteiger partial charge in [-0.05, 0) is 29.8 Å². The van der Waals surface area contributed by atoms with Crippen LogP contribution in [0, 0.1) is 0 Å². The third-order valence-electron chi connectivity index (χ3n) is 2.68. The summed E-state index contributed by atoms with van der Waals surface area (Å²) in [5.41, 5.74) is 1.74. The molecule has 0 aliphatic rings. The number of hydrogen-bond donors (Lipinski definition) is 1. The average Bonchev–Trinajstić information content (AvgIpc) is 2.39. The van der Waals surface area contributed by atoms with Crippen molar-refractivity contribution < 1.29 is 14.7 Å². The summed E-state index contributed by atoms with van der Waals surface area (Å²) in [4.78, 5) is 22.7. The summed E-state index contributed by atoms with van der Waals surface area (Å²) >= 11 is 5.76. The van der Waals surface area contributed by atoms with Crippen molar-refractivity contribution in [3.05, 3.63) is 70.2 Å². The van der Waals surface area contributed by atoms with Crippen molar-refractivity contribution in [1.29, 1.82) is 0 Å². The molecule has 0 unspecified atom stereocenters. The van der Waals surface area contributed by atoms with E-state index in [4.69, 9.17) is 16.7 Å². The molecule has 0 bridgehead atoms. The Kier molecular flexibility index (Phi) is 3.97. The van der Waals surface area contributed by atoms with Gasteiger partial charge in [-0.15, -0.1) is 0 Å². The van der Waals surface area contributed by atoms with E-state index in [1.165, 1.54) is 0 Å². The van der Waals surface area contributed by atoms with Crippen LogP contribution in [0.1, 0.15) is 21.5 Å². The number of halogens is 1. The quantitative estimate of drug-likeness (QED) is 0.871. The molecule has 0 radical (unpaired) electrons. The molecule has 0 spiro atoms. The summed E-state index contributed by atoms with van der Waals surface area (Å²) in [6, 6.07) is 13.2. The topological polar surface area (TPSA) is 54.4 Å². The smallest absolute Gasteiger partial charge is 0.307 e. The molecular formula is C15H11ClO3. The first-order valence-corrected chi connectivity index (χ1v) is 6.05. The summed E-state index contributed by atoms with van der Waals surface area (Å²) in [5, 5.41) is 9.25. The van der Waals surface area contributed by atoms with Crippen molar-refractivity contribution in [2.24, 2.45) is 0 Å². The minimum Gasteiger partial charge on any atom is -0.481 e. The molecule has 1 N–H and O–H groups in total. The highest BCUT2D eigenvalue weighted by atomic mass is 35.5. The van der Waals surface area contributed by atoms with Gasteiger partial charge >= 0.3 is 5.97 Å². The van der Waals surface area contributed by atoms with Crippen molar-refractivity contribution in [1.82, 2.24) is 0 Å². The minimum absolute atomic E-state index is 0.0462. The number of carboxylic acids is 1. The highest BCUT2D eigenvalue weighted by Crippen LogP contribution is 2.14. The van der Waals surface area contributed by atoms with Crippen LogP contribution < -0.4 is 0 Å². The van der Waals surface area contributed by atoms with E-state index in [0.29, 0.717) is 21.7 Å². The molecule has 0 aliphatic heterocycles.